The quantitative estimate of drug-likeness (QED) is 0.397. The molecule has 0 rings (SSSR count). The summed E-state index contributed by atoms with van der Waals surface area (Å²) in [6, 6.07) is 0. The van der Waals surface area contributed by atoms with E-state index in [0.717, 1.165) is 0 Å². The lowest BCUT2D eigenvalue weighted by Gasteiger charge is -2.13. The lowest BCUT2D eigenvalue weighted by atomic mass is 10.9. The summed E-state index contributed by atoms with van der Waals surface area (Å²) in [5.41, 5.74) is 0. The van der Waals surface area contributed by atoms with Gasteiger partial charge in [0.05, 0.1) is 18.4 Å². The van der Waals surface area contributed by atoms with Crippen molar-refractivity contribution in [3.8, 4) is 0 Å². The average molecular weight is 211 g/mol. The molecule has 64 valence electrons. The van der Waals surface area contributed by atoms with Gasteiger partial charge >= 0.3 is 6.64 Å². The van der Waals surface area contributed by atoms with Crippen LogP contribution in [0.1, 0.15) is 13.8 Å². The highest BCUT2D eigenvalue weighted by Gasteiger charge is 2.14. The highest BCUT2D eigenvalue weighted by molar-refractivity contribution is 8.09. The van der Waals surface area contributed by atoms with Crippen LogP contribution in [0, 0.1) is 0 Å². The van der Waals surface area contributed by atoms with Crippen LogP contribution in [-0.2, 0) is 20.9 Å². The van der Waals surface area contributed by atoms with Crippen molar-refractivity contribution in [1.29, 1.82) is 0 Å². The first-order chi connectivity index (χ1) is 5.18. The molecule has 0 spiro atoms. The van der Waals surface area contributed by atoms with Crippen molar-refractivity contribution in [2.75, 3.05) is 13.2 Å². The highest BCUT2D eigenvalue weighted by Crippen LogP contribution is 2.49. The Labute approximate surface area is 77.0 Å². The maximum atomic E-state index is 5.12. The van der Waals surface area contributed by atoms with Crippen LogP contribution in [0.3, 0.4) is 0 Å². The molecule has 0 atom stereocenters. The predicted octanol–water partition coefficient (Wildman–Crippen LogP) is 2.39. The second-order valence-electron chi connectivity index (χ2n) is 1.50. The summed E-state index contributed by atoms with van der Waals surface area (Å²) in [5.74, 6) is 0. The average Bonchev–Trinajstić information content (AvgIpc) is 1.88. The van der Waals surface area contributed by atoms with Crippen molar-refractivity contribution >= 4 is 35.8 Å². The normalized spacial score (nSPS) is 10.7. The molecule has 3 nitrogen and oxygen atoms in total. The van der Waals surface area contributed by atoms with Crippen LogP contribution < -0.4 is 0 Å². The highest BCUT2D eigenvalue weighted by atomic mass is 32.5. The van der Waals surface area contributed by atoms with Crippen molar-refractivity contribution in [2.45, 2.75) is 13.8 Å². The van der Waals surface area contributed by atoms with Gasteiger partial charge in [-0.25, -0.2) is 0 Å². The summed E-state index contributed by atoms with van der Waals surface area (Å²) in [7, 11) is 0. The Balaban J connectivity index is 4.25. The van der Waals surface area contributed by atoms with E-state index in [1.807, 2.05) is 13.8 Å². The fourth-order valence-corrected chi connectivity index (χ4v) is 2.65. The molecule has 0 aromatic heterocycles. The van der Waals surface area contributed by atoms with Gasteiger partial charge in [-0.3, -0.25) is 0 Å². The van der Waals surface area contributed by atoms with E-state index >= 15 is 0 Å². The molecular weight excluding hydrogens is 201 g/mol. The third kappa shape index (κ3) is 4.75. The molecule has 6 heteroatoms. The molecule has 0 amide bonds. The zero-order valence-electron chi connectivity index (χ0n) is 6.44. The smallest absolute Gasteiger partial charge is 0.312 e. The zero-order chi connectivity index (χ0) is 8.74. The molecule has 0 N–H and O–H groups in total. The van der Waals surface area contributed by atoms with E-state index in [-0.39, 0.29) is 0 Å². The van der Waals surface area contributed by atoms with Crippen LogP contribution in [0.25, 0.3) is 0 Å². The van der Waals surface area contributed by atoms with Gasteiger partial charge in [0.25, 0.3) is 0 Å². The minimum atomic E-state index is -2.48. The summed E-state index contributed by atoms with van der Waals surface area (Å²) in [6.07, 6.45) is 0. The van der Waals surface area contributed by atoms with Crippen molar-refractivity contribution in [3.05, 3.63) is 0 Å². The van der Waals surface area contributed by atoms with Crippen molar-refractivity contribution in [3.63, 3.8) is 0 Å². The first-order valence-corrected chi connectivity index (χ1v) is 6.17. The predicted molar refractivity (Wildman–Crippen MR) is 52.6 cm³/mol. The second-order valence-corrected chi connectivity index (χ2v) is 4.72. The van der Waals surface area contributed by atoms with Crippen molar-refractivity contribution in [1.82, 2.24) is 0 Å². The van der Waals surface area contributed by atoms with Crippen LogP contribution in [0.2, 0.25) is 0 Å². The standard InChI is InChI=1S/C5H10NO2PS2/c1-3-7-9(11,6-5-10)8-4-2/h3-4H2,1-2H3. The van der Waals surface area contributed by atoms with E-state index in [0.29, 0.717) is 13.2 Å². The van der Waals surface area contributed by atoms with Gasteiger partial charge < -0.3 is 9.05 Å². The first kappa shape index (κ1) is 11.4. The number of rotatable bonds is 5. The maximum absolute atomic E-state index is 5.12. The maximum Gasteiger partial charge on any atom is 0.317 e. The van der Waals surface area contributed by atoms with Crippen LogP contribution >= 0.6 is 18.9 Å². The molecule has 0 aliphatic carbocycles. The molecule has 0 aliphatic heterocycles. The molecule has 0 saturated carbocycles. The third-order valence-electron chi connectivity index (χ3n) is 0.748. The molecule has 0 radical (unpaired) electrons. The van der Waals surface area contributed by atoms with Gasteiger partial charge in [0.15, 0.2) is 0 Å². The molecule has 0 bridgehead atoms. The lowest BCUT2D eigenvalue weighted by molar-refractivity contribution is 0.268. The summed E-state index contributed by atoms with van der Waals surface area (Å²) >= 11 is 9.38. The van der Waals surface area contributed by atoms with Gasteiger partial charge in [0, 0.05) is 0 Å². The van der Waals surface area contributed by atoms with E-state index in [4.69, 9.17) is 20.9 Å². The second kappa shape index (κ2) is 5.95. The number of hydrogen-bond acceptors (Lipinski definition) is 4. The molecule has 0 saturated heterocycles. The Bertz CT molecular complexity index is 193. The number of nitrogens with zero attached hydrogens (tertiary/aromatic N) is 1. The first-order valence-electron chi connectivity index (χ1n) is 3.17. The molecule has 11 heavy (non-hydrogen) atoms. The number of thiocarbonyl (C=S) groups is 1. The summed E-state index contributed by atoms with van der Waals surface area (Å²) in [4.78, 5) is 0. The molecule has 0 fully saturated rings. The van der Waals surface area contributed by atoms with Gasteiger partial charge in [0.2, 0.25) is 0 Å². The van der Waals surface area contributed by atoms with Gasteiger partial charge in [-0.1, -0.05) is 0 Å². The van der Waals surface area contributed by atoms with Crippen molar-refractivity contribution < 1.29 is 9.05 Å². The van der Waals surface area contributed by atoms with Crippen LogP contribution in [0.5, 0.6) is 0 Å². The van der Waals surface area contributed by atoms with E-state index < -0.39 is 6.64 Å². The topological polar surface area (TPSA) is 30.8 Å². The third-order valence-corrected chi connectivity index (χ3v) is 3.37. The van der Waals surface area contributed by atoms with Crippen LogP contribution in [-0.4, -0.2) is 18.4 Å². The summed E-state index contributed by atoms with van der Waals surface area (Å²) in [5, 5.41) is 2.18. The summed E-state index contributed by atoms with van der Waals surface area (Å²) < 4.78 is 13.9. The Morgan fingerprint density at radius 1 is 1.36 bits per heavy atom. The Morgan fingerprint density at radius 2 is 1.82 bits per heavy atom. The number of hydrogen-bond donors (Lipinski definition) is 0. The molecule has 0 aromatic carbocycles. The SMILES string of the molecule is CCOP(=S)(N=C=S)OCC. The number of isothiocyanates is 1. The van der Waals surface area contributed by atoms with Gasteiger partial charge in [0.1, 0.15) is 0 Å². The molecule has 0 heterocycles. The zero-order valence-corrected chi connectivity index (χ0v) is 8.97. The van der Waals surface area contributed by atoms with Crippen LogP contribution in [0.4, 0.5) is 0 Å². The Kier molecular flexibility index (Phi) is 6.15. The van der Waals surface area contributed by atoms with Crippen LogP contribution in [0.15, 0.2) is 4.76 Å². The van der Waals surface area contributed by atoms with Gasteiger partial charge in [-0.05, 0) is 37.9 Å². The largest absolute Gasteiger partial charge is 0.317 e. The Hall–Kier alpha value is 0.370. The van der Waals surface area contributed by atoms with Gasteiger partial charge in [-0.15, -0.1) is 4.76 Å². The fourth-order valence-electron chi connectivity index (χ4n) is 0.471. The lowest BCUT2D eigenvalue weighted by Crippen LogP contribution is -1.91. The fraction of sp³-hybridized carbons (Fsp3) is 0.800. The van der Waals surface area contributed by atoms with E-state index in [9.17, 15) is 0 Å². The monoisotopic (exact) mass is 211 g/mol. The minimum absolute atomic E-state index is 0.484. The Morgan fingerprint density at radius 3 is 2.09 bits per heavy atom. The molecule has 0 aliphatic rings. The molecule has 0 aromatic rings. The van der Waals surface area contributed by atoms with Gasteiger partial charge in [-0.2, -0.15) is 0 Å². The molecular formula is C5H10NO2PS2. The van der Waals surface area contributed by atoms with E-state index in [2.05, 4.69) is 22.1 Å². The van der Waals surface area contributed by atoms with E-state index in [1.54, 1.807) is 0 Å². The minimum Gasteiger partial charge on any atom is -0.312 e. The van der Waals surface area contributed by atoms with Crippen molar-refractivity contribution in [2.24, 2.45) is 4.76 Å². The van der Waals surface area contributed by atoms with E-state index in [1.165, 1.54) is 0 Å². The summed E-state index contributed by atoms with van der Waals surface area (Å²) in [6.45, 7) is 2.16. The molecule has 0 unspecified atom stereocenters.